The monoisotopic (exact) mass is 127 g/mol. The maximum atomic E-state index is 2.25. The first-order chi connectivity index (χ1) is 3.77. The Hall–Kier alpha value is 0.0649. The molecule has 0 aromatic carbocycles. The molecule has 0 heterocycles. The standard InChI is InChI=1S/C6H14.C2H6.B/c1-4-5-6(2)3;1-2;/h6H,4-5H2,1-3H3;1-2H3;. The summed E-state index contributed by atoms with van der Waals surface area (Å²) in [5.74, 6) is 0.898. The molecule has 3 radical (unpaired) electrons. The van der Waals surface area contributed by atoms with Gasteiger partial charge >= 0.3 is 0 Å². The maximum absolute atomic E-state index is 2.25. The van der Waals surface area contributed by atoms with E-state index in [1.54, 1.807) is 0 Å². The lowest BCUT2D eigenvalue weighted by Gasteiger charge is -1.95. The Morgan fingerprint density at radius 2 is 1.44 bits per heavy atom. The van der Waals surface area contributed by atoms with E-state index in [0.29, 0.717) is 0 Å². The quantitative estimate of drug-likeness (QED) is 0.500. The summed E-state index contributed by atoms with van der Waals surface area (Å²) in [4.78, 5) is 0. The van der Waals surface area contributed by atoms with Crippen LogP contribution in [0.25, 0.3) is 0 Å². The zero-order chi connectivity index (χ0) is 6.99. The fraction of sp³-hybridized carbons (Fsp3) is 1.00. The van der Waals surface area contributed by atoms with Gasteiger partial charge in [-0.25, -0.2) is 0 Å². The van der Waals surface area contributed by atoms with Crippen molar-refractivity contribution in [1.82, 2.24) is 0 Å². The van der Waals surface area contributed by atoms with Crippen LogP contribution in [0, 0.1) is 5.92 Å². The lowest BCUT2D eigenvalue weighted by molar-refractivity contribution is 0.576. The van der Waals surface area contributed by atoms with Crippen LogP contribution in [0.2, 0.25) is 0 Å². The van der Waals surface area contributed by atoms with Crippen molar-refractivity contribution in [2.45, 2.75) is 47.5 Å². The van der Waals surface area contributed by atoms with E-state index in [0.717, 1.165) is 5.92 Å². The lowest BCUT2D eigenvalue weighted by atomic mass is 10.1. The van der Waals surface area contributed by atoms with Crippen LogP contribution in [-0.4, -0.2) is 8.41 Å². The number of hydrogen-bond donors (Lipinski definition) is 0. The van der Waals surface area contributed by atoms with Gasteiger partial charge in [0.15, 0.2) is 0 Å². The second-order valence-electron chi connectivity index (χ2n) is 2.18. The highest BCUT2D eigenvalue weighted by Crippen LogP contribution is 2.00. The molecule has 1 heteroatoms. The summed E-state index contributed by atoms with van der Waals surface area (Å²) in [5.41, 5.74) is 0. The van der Waals surface area contributed by atoms with E-state index >= 15 is 0 Å². The van der Waals surface area contributed by atoms with Crippen molar-refractivity contribution in [3.63, 3.8) is 0 Å². The highest BCUT2D eigenvalue weighted by molar-refractivity contribution is 5.75. The van der Waals surface area contributed by atoms with Crippen LogP contribution in [0.1, 0.15) is 47.5 Å². The largest absolute Gasteiger partial charge is 0.0683 e. The average molecular weight is 127 g/mol. The normalized spacial score (nSPS) is 7.33. The molecule has 0 fully saturated rings. The Balaban J connectivity index is -0.000000109. The molecule has 0 N–H and O–H groups in total. The number of hydrogen-bond acceptors (Lipinski definition) is 0. The summed E-state index contributed by atoms with van der Waals surface area (Å²) in [7, 11) is 0. The first-order valence-electron chi connectivity index (χ1n) is 3.77. The van der Waals surface area contributed by atoms with Gasteiger partial charge in [0.25, 0.3) is 0 Å². The van der Waals surface area contributed by atoms with Crippen molar-refractivity contribution in [2.24, 2.45) is 5.92 Å². The minimum atomic E-state index is 0. The zero-order valence-corrected chi connectivity index (χ0v) is 7.57. The van der Waals surface area contributed by atoms with E-state index in [9.17, 15) is 0 Å². The molecule has 0 bridgehead atoms. The van der Waals surface area contributed by atoms with Gasteiger partial charge in [-0.05, 0) is 5.92 Å². The van der Waals surface area contributed by atoms with Gasteiger partial charge in [-0.3, -0.25) is 0 Å². The Morgan fingerprint density at radius 3 is 1.44 bits per heavy atom. The second-order valence-corrected chi connectivity index (χ2v) is 2.18. The van der Waals surface area contributed by atoms with Gasteiger partial charge in [-0.1, -0.05) is 47.5 Å². The van der Waals surface area contributed by atoms with Crippen LogP contribution >= 0.6 is 0 Å². The van der Waals surface area contributed by atoms with Crippen LogP contribution in [0.15, 0.2) is 0 Å². The van der Waals surface area contributed by atoms with Crippen LogP contribution < -0.4 is 0 Å². The number of rotatable bonds is 2. The van der Waals surface area contributed by atoms with Crippen molar-refractivity contribution >= 4 is 8.41 Å². The molecule has 0 aliphatic carbocycles. The molecule has 0 rings (SSSR count). The summed E-state index contributed by atoms with van der Waals surface area (Å²) in [6.07, 6.45) is 2.71. The van der Waals surface area contributed by atoms with Crippen molar-refractivity contribution < 1.29 is 0 Å². The summed E-state index contributed by atoms with van der Waals surface area (Å²) in [5, 5.41) is 0. The first-order valence-corrected chi connectivity index (χ1v) is 3.77. The third-order valence-corrected chi connectivity index (χ3v) is 0.866. The molecule has 0 aliphatic heterocycles. The van der Waals surface area contributed by atoms with Gasteiger partial charge in [0.05, 0.1) is 0 Å². The van der Waals surface area contributed by atoms with Gasteiger partial charge in [-0.15, -0.1) is 0 Å². The van der Waals surface area contributed by atoms with Crippen LogP contribution in [0.5, 0.6) is 0 Å². The fourth-order valence-corrected chi connectivity index (χ4v) is 0.577. The maximum Gasteiger partial charge on any atom is 0 e. The molecule has 55 valence electrons. The minimum absolute atomic E-state index is 0. The van der Waals surface area contributed by atoms with Crippen molar-refractivity contribution in [3.05, 3.63) is 0 Å². The summed E-state index contributed by atoms with van der Waals surface area (Å²) in [6, 6.07) is 0. The predicted molar refractivity (Wildman–Crippen MR) is 46.8 cm³/mol. The Labute approximate surface area is 62.6 Å². The molecule has 0 nitrogen and oxygen atoms in total. The first kappa shape index (κ1) is 16.0. The molecule has 0 unspecified atom stereocenters. The van der Waals surface area contributed by atoms with Crippen molar-refractivity contribution in [3.8, 4) is 0 Å². The van der Waals surface area contributed by atoms with E-state index in [1.807, 2.05) is 13.8 Å². The average Bonchev–Trinajstić information content (AvgIpc) is 1.72. The smallest absolute Gasteiger partial charge is 0 e. The van der Waals surface area contributed by atoms with Gasteiger partial charge in [-0.2, -0.15) is 0 Å². The predicted octanol–water partition coefficient (Wildman–Crippen LogP) is 3.09. The van der Waals surface area contributed by atoms with Gasteiger partial charge < -0.3 is 0 Å². The molecule has 0 amide bonds. The van der Waals surface area contributed by atoms with E-state index in [4.69, 9.17) is 0 Å². The summed E-state index contributed by atoms with van der Waals surface area (Å²) >= 11 is 0. The lowest BCUT2D eigenvalue weighted by Crippen LogP contribution is -1.81. The van der Waals surface area contributed by atoms with Gasteiger partial charge in [0, 0.05) is 8.41 Å². The summed E-state index contributed by atoms with van der Waals surface area (Å²) in [6.45, 7) is 10.7. The van der Waals surface area contributed by atoms with Crippen LogP contribution in [-0.2, 0) is 0 Å². The molecule has 0 saturated carbocycles. The molecular formula is C8H20B. The van der Waals surface area contributed by atoms with Gasteiger partial charge in [0.1, 0.15) is 0 Å². The Morgan fingerprint density at radius 1 is 1.11 bits per heavy atom. The van der Waals surface area contributed by atoms with Crippen LogP contribution in [0.4, 0.5) is 0 Å². The Bertz CT molecular complexity index is 25.7. The van der Waals surface area contributed by atoms with E-state index < -0.39 is 0 Å². The highest BCUT2D eigenvalue weighted by atomic mass is 13.9. The molecule has 0 aliphatic rings. The molecule has 9 heavy (non-hydrogen) atoms. The molecule has 0 spiro atoms. The SMILES string of the molecule is CC.CCCC(C)C.[B]. The topological polar surface area (TPSA) is 0 Å². The third kappa shape index (κ3) is 31.6. The van der Waals surface area contributed by atoms with E-state index in [1.165, 1.54) is 12.8 Å². The highest BCUT2D eigenvalue weighted by Gasteiger charge is 1.85. The fourth-order valence-electron chi connectivity index (χ4n) is 0.577. The summed E-state index contributed by atoms with van der Waals surface area (Å²) < 4.78 is 0. The van der Waals surface area contributed by atoms with E-state index in [2.05, 4.69) is 20.8 Å². The molecular weight excluding hydrogens is 107 g/mol. The molecule has 0 aromatic rings. The van der Waals surface area contributed by atoms with Crippen LogP contribution in [0.3, 0.4) is 0 Å². The molecule has 0 aromatic heterocycles. The minimum Gasteiger partial charge on any atom is -0.0683 e. The van der Waals surface area contributed by atoms with Crippen molar-refractivity contribution in [2.75, 3.05) is 0 Å². The second kappa shape index (κ2) is 15.7. The Kier molecular flexibility index (Phi) is 27.9. The third-order valence-electron chi connectivity index (χ3n) is 0.866. The molecule has 0 atom stereocenters. The molecule has 0 saturated heterocycles. The van der Waals surface area contributed by atoms with Gasteiger partial charge in [0.2, 0.25) is 0 Å². The van der Waals surface area contributed by atoms with Crippen molar-refractivity contribution in [1.29, 1.82) is 0 Å². The zero-order valence-electron chi connectivity index (χ0n) is 7.57. The van der Waals surface area contributed by atoms with E-state index in [-0.39, 0.29) is 8.41 Å².